The Bertz CT molecular complexity index is 636. The molecule has 1 aromatic carbocycles. The van der Waals surface area contributed by atoms with Gasteiger partial charge in [-0.1, -0.05) is 13.0 Å². The second-order valence-corrected chi connectivity index (χ2v) is 6.79. The zero-order valence-electron chi connectivity index (χ0n) is 12.6. The van der Waals surface area contributed by atoms with E-state index in [1.807, 2.05) is 19.1 Å². The van der Waals surface area contributed by atoms with E-state index >= 15 is 0 Å². The maximum Gasteiger partial charge on any atom is 0.133 e. The van der Waals surface area contributed by atoms with Crippen molar-refractivity contribution in [3.63, 3.8) is 0 Å². The van der Waals surface area contributed by atoms with Gasteiger partial charge in [-0.25, -0.2) is 9.37 Å². The number of fused-ring (bicyclic) bond motifs is 1. The normalized spacial score (nSPS) is 17.8. The van der Waals surface area contributed by atoms with Crippen LogP contribution < -0.4 is 5.32 Å². The minimum atomic E-state index is -0.163. The molecule has 1 atom stereocenters. The average Bonchev–Trinajstić information content (AvgIpc) is 2.89. The number of benzene rings is 1. The number of hydrogen-bond donors (Lipinski definition) is 1. The van der Waals surface area contributed by atoms with E-state index in [2.05, 4.69) is 12.2 Å². The van der Waals surface area contributed by atoms with Crippen LogP contribution in [0, 0.1) is 12.7 Å². The average molecular weight is 304 g/mol. The number of hydrogen-bond acceptors (Lipinski definition) is 3. The molecule has 1 aliphatic rings. The molecule has 0 fully saturated rings. The highest BCUT2D eigenvalue weighted by molar-refractivity contribution is 7.15. The Hall–Kier alpha value is -1.26. The van der Waals surface area contributed by atoms with Gasteiger partial charge in [0.1, 0.15) is 10.8 Å². The minimum absolute atomic E-state index is 0.163. The van der Waals surface area contributed by atoms with E-state index in [0.717, 1.165) is 30.1 Å². The van der Waals surface area contributed by atoms with Gasteiger partial charge in [-0.2, -0.15) is 0 Å². The van der Waals surface area contributed by atoms with Crippen molar-refractivity contribution in [2.45, 2.75) is 39.0 Å². The highest BCUT2D eigenvalue weighted by Gasteiger charge is 2.25. The largest absolute Gasteiger partial charge is 0.316 e. The van der Waals surface area contributed by atoms with E-state index in [1.165, 1.54) is 23.4 Å². The zero-order valence-corrected chi connectivity index (χ0v) is 13.4. The van der Waals surface area contributed by atoms with Crippen LogP contribution in [0.2, 0.25) is 0 Å². The molecular weight excluding hydrogens is 283 g/mol. The maximum absolute atomic E-state index is 14.2. The molecule has 0 radical (unpaired) electrons. The smallest absolute Gasteiger partial charge is 0.133 e. The van der Waals surface area contributed by atoms with Gasteiger partial charge >= 0.3 is 0 Å². The predicted molar refractivity (Wildman–Crippen MR) is 86.5 cm³/mol. The molecule has 1 aromatic heterocycles. The summed E-state index contributed by atoms with van der Waals surface area (Å²) in [5, 5.41) is 4.25. The number of halogens is 1. The first-order valence-electron chi connectivity index (χ1n) is 7.66. The van der Waals surface area contributed by atoms with Crippen LogP contribution in [0.1, 0.15) is 41.8 Å². The molecule has 0 spiro atoms. The van der Waals surface area contributed by atoms with Gasteiger partial charge in [-0.15, -0.1) is 11.3 Å². The van der Waals surface area contributed by atoms with Crippen molar-refractivity contribution in [3.8, 4) is 10.6 Å². The van der Waals surface area contributed by atoms with Gasteiger partial charge in [0.05, 0.1) is 5.69 Å². The molecule has 3 rings (SSSR count). The summed E-state index contributed by atoms with van der Waals surface area (Å²) >= 11 is 1.67. The molecule has 4 heteroatoms. The first-order chi connectivity index (χ1) is 10.2. The van der Waals surface area contributed by atoms with Crippen molar-refractivity contribution >= 4 is 11.3 Å². The topological polar surface area (TPSA) is 24.9 Å². The summed E-state index contributed by atoms with van der Waals surface area (Å²) < 4.78 is 14.2. The van der Waals surface area contributed by atoms with Crippen LogP contribution in [0.25, 0.3) is 10.6 Å². The summed E-state index contributed by atoms with van der Waals surface area (Å²) in [4.78, 5) is 6.13. The highest BCUT2D eigenvalue weighted by Crippen LogP contribution is 2.38. The lowest BCUT2D eigenvalue weighted by molar-refractivity contribution is 0.509. The van der Waals surface area contributed by atoms with Gasteiger partial charge in [0.2, 0.25) is 0 Å². The number of aromatic nitrogens is 1. The van der Waals surface area contributed by atoms with E-state index in [0.29, 0.717) is 11.5 Å². The first kappa shape index (κ1) is 14.7. The quantitative estimate of drug-likeness (QED) is 0.911. The summed E-state index contributed by atoms with van der Waals surface area (Å²) in [5.74, 6) is 0.316. The van der Waals surface area contributed by atoms with Crippen LogP contribution in [0.5, 0.6) is 0 Å². The fourth-order valence-electron chi connectivity index (χ4n) is 2.93. The highest BCUT2D eigenvalue weighted by atomic mass is 32.1. The Morgan fingerprint density at radius 3 is 3.05 bits per heavy atom. The predicted octanol–water partition coefficient (Wildman–Crippen LogP) is 4.29. The van der Waals surface area contributed by atoms with Crippen molar-refractivity contribution in [1.82, 2.24) is 10.3 Å². The fraction of sp³-hybridized carbons (Fsp3) is 0.471. The third-order valence-corrected chi connectivity index (χ3v) is 5.23. The first-order valence-corrected chi connectivity index (χ1v) is 8.47. The van der Waals surface area contributed by atoms with Crippen LogP contribution in [0.15, 0.2) is 18.2 Å². The van der Waals surface area contributed by atoms with Crippen molar-refractivity contribution < 1.29 is 4.39 Å². The van der Waals surface area contributed by atoms with Gasteiger partial charge in [-0.05, 0) is 50.4 Å². The Kier molecular flexibility index (Phi) is 4.36. The Morgan fingerprint density at radius 2 is 2.29 bits per heavy atom. The number of likely N-dealkylation sites (N-methyl/N-ethyl adjacent to an activating group) is 1. The zero-order chi connectivity index (χ0) is 14.8. The molecule has 1 aliphatic carbocycles. The third-order valence-electron chi connectivity index (χ3n) is 4.07. The van der Waals surface area contributed by atoms with E-state index in [4.69, 9.17) is 4.98 Å². The van der Waals surface area contributed by atoms with Gasteiger partial charge in [0, 0.05) is 22.9 Å². The minimum Gasteiger partial charge on any atom is -0.316 e. The van der Waals surface area contributed by atoms with Crippen LogP contribution in [-0.4, -0.2) is 18.1 Å². The van der Waals surface area contributed by atoms with Crippen molar-refractivity contribution in [2.75, 3.05) is 13.1 Å². The van der Waals surface area contributed by atoms with Crippen LogP contribution in [-0.2, 0) is 6.42 Å². The lowest BCUT2D eigenvalue weighted by atomic mass is 9.91. The molecule has 0 amide bonds. The van der Waals surface area contributed by atoms with Crippen LogP contribution in [0.4, 0.5) is 4.39 Å². The summed E-state index contributed by atoms with van der Waals surface area (Å²) in [6.07, 6.45) is 3.48. The summed E-state index contributed by atoms with van der Waals surface area (Å²) in [5.41, 5.74) is 2.78. The van der Waals surface area contributed by atoms with E-state index < -0.39 is 0 Å². The number of nitrogens with one attached hydrogen (secondary N) is 1. The molecule has 1 unspecified atom stereocenters. The second-order valence-electron chi connectivity index (χ2n) is 5.71. The van der Waals surface area contributed by atoms with Crippen LogP contribution in [0.3, 0.4) is 0 Å². The van der Waals surface area contributed by atoms with E-state index in [9.17, 15) is 4.39 Å². The lowest BCUT2D eigenvalue weighted by Gasteiger charge is -2.21. The summed E-state index contributed by atoms with van der Waals surface area (Å²) in [7, 11) is 0. The molecule has 1 N–H and O–H groups in total. The second kappa shape index (κ2) is 6.24. The van der Waals surface area contributed by atoms with Gasteiger partial charge in [0.15, 0.2) is 0 Å². The SMILES string of the molecule is CCNCC1CCCc2sc(-c3ccc(C)cc3F)nc21. The Labute approximate surface area is 129 Å². The van der Waals surface area contributed by atoms with Crippen molar-refractivity contribution in [1.29, 1.82) is 0 Å². The Morgan fingerprint density at radius 1 is 1.43 bits per heavy atom. The molecule has 0 bridgehead atoms. The number of aryl methyl sites for hydroxylation is 2. The molecule has 0 saturated heterocycles. The molecule has 1 heterocycles. The van der Waals surface area contributed by atoms with E-state index in [-0.39, 0.29) is 5.82 Å². The maximum atomic E-state index is 14.2. The fourth-order valence-corrected chi connectivity index (χ4v) is 4.15. The molecular formula is C17H21FN2S. The number of rotatable bonds is 4. The molecule has 2 aromatic rings. The van der Waals surface area contributed by atoms with Crippen molar-refractivity contribution in [2.24, 2.45) is 0 Å². The number of nitrogens with zero attached hydrogens (tertiary/aromatic N) is 1. The molecule has 21 heavy (non-hydrogen) atoms. The van der Waals surface area contributed by atoms with Gasteiger partial charge in [-0.3, -0.25) is 0 Å². The van der Waals surface area contributed by atoms with Gasteiger partial charge < -0.3 is 5.32 Å². The standard InChI is InChI=1S/C17H21FN2S/c1-3-19-10-12-5-4-6-15-16(12)20-17(21-15)13-8-7-11(2)9-14(13)18/h7-9,12,19H,3-6,10H2,1-2H3. The van der Waals surface area contributed by atoms with Crippen molar-refractivity contribution in [3.05, 3.63) is 40.2 Å². The van der Waals surface area contributed by atoms with Crippen LogP contribution >= 0.6 is 11.3 Å². The number of thiazole rings is 1. The molecule has 0 aliphatic heterocycles. The van der Waals surface area contributed by atoms with E-state index in [1.54, 1.807) is 17.4 Å². The Balaban J connectivity index is 1.94. The third kappa shape index (κ3) is 3.01. The summed E-state index contributed by atoms with van der Waals surface area (Å²) in [6.45, 7) is 5.99. The molecule has 112 valence electrons. The summed E-state index contributed by atoms with van der Waals surface area (Å²) in [6, 6.07) is 5.40. The monoisotopic (exact) mass is 304 g/mol. The molecule has 2 nitrogen and oxygen atoms in total. The molecule has 0 saturated carbocycles. The lowest BCUT2D eigenvalue weighted by Crippen LogP contribution is -2.23. The van der Waals surface area contributed by atoms with Gasteiger partial charge in [0.25, 0.3) is 0 Å².